The summed E-state index contributed by atoms with van der Waals surface area (Å²) in [6, 6.07) is 6.89. The second kappa shape index (κ2) is 8.59. The molecule has 0 aliphatic rings. The third-order valence-corrected chi connectivity index (χ3v) is 3.99. The van der Waals surface area contributed by atoms with E-state index in [1.807, 2.05) is 24.3 Å². The molecular weight excluding hydrogens is 372 g/mol. The van der Waals surface area contributed by atoms with Crippen molar-refractivity contribution < 1.29 is 14.3 Å². The van der Waals surface area contributed by atoms with Crippen LogP contribution in [-0.4, -0.2) is 44.8 Å². The Morgan fingerprint density at radius 3 is 2.79 bits per heavy atom. The van der Waals surface area contributed by atoms with Crippen LogP contribution in [0.5, 0.6) is 0 Å². The number of hydrazone groups is 1. The van der Waals surface area contributed by atoms with E-state index in [-0.39, 0.29) is 6.42 Å². The number of carbonyl (C=O) groups is 2. The lowest BCUT2D eigenvalue weighted by Gasteiger charge is -2.22. The summed E-state index contributed by atoms with van der Waals surface area (Å²) in [6.45, 7) is 5.26. The lowest BCUT2D eigenvalue weighted by molar-refractivity contribution is -0.123. The molecule has 0 fully saturated rings. The van der Waals surface area contributed by atoms with E-state index in [2.05, 4.69) is 30.8 Å². The van der Waals surface area contributed by atoms with Crippen LogP contribution in [-0.2, 0) is 16.0 Å². The van der Waals surface area contributed by atoms with Crippen molar-refractivity contribution in [3.05, 3.63) is 54.2 Å². The topological polar surface area (TPSA) is 124 Å². The van der Waals surface area contributed by atoms with Crippen LogP contribution in [0.2, 0.25) is 0 Å². The Hall–Kier alpha value is -3.62. The molecule has 9 heteroatoms. The quantitative estimate of drug-likeness (QED) is 0.377. The maximum absolute atomic E-state index is 12.6. The molecule has 2 aromatic heterocycles. The van der Waals surface area contributed by atoms with E-state index in [0.717, 1.165) is 16.5 Å². The molecule has 0 bridgehead atoms. The number of para-hydroxylation sites is 1. The number of hydrogen-bond acceptors (Lipinski definition) is 5. The molecule has 0 saturated carbocycles. The maximum atomic E-state index is 12.6. The number of rotatable bonds is 6. The predicted molar refractivity (Wildman–Crippen MR) is 109 cm³/mol. The molecule has 2 heterocycles. The van der Waals surface area contributed by atoms with Crippen molar-refractivity contribution in [3.63, 3.8) is 0 Å². The van der Waals surface area contributed by atoms with Gasteiger partial charge in [-0.05, 0) is 26.8 Å². The normalized spacial score (nSPS) is 12.8. The minimum atomic E-state index is -0.884. The number of fused-ring (bicyclic) bond motifs is 1. The smallest absolute Gasteiger partial charge is 0.408 e. The summed E-state index contributed by atoms with van der Waals surface area (Å²) < 4.78 is 5.25. The van der Waals surface area contributed by atoms with Gasteiger partial charge in [-0.15, -0.1) is 0 Å². The third kappa shape index (κ3) is 5.68. The first kappa shape index (κ1) is 20.1. The van der Waals surface area contributed by atoms with Crippen LogP contribution in [0.25, 0.3) is 10.9 Å². The highest BCUT2D eigenvalue weighted by atomic mass is 16.6. The lowest BCUT2D eigenvalue weighted by Crippen LogP contribution is -2.48. The molecule has 0 aliphatic heterocycles. The van der Waals surface area contributed by atoms with Gasteiger partial charge in [-0.25, -0.2) is 15.2 Å². The monoisotopic (exact) mass is 396 g/mol. The van der Waals surface area contributed by atoms with Crippen LogP contribution in [0.15, 0.2) is 48.1 Å². The van der Waals surface area contributed by atoms with Crippen LogP contribution in [0, 0.1) is 0 Å². The Bertz CT molecular complexity index is 1000. The lowest BCUT2D eigenvalue weighted by atomic mass is 10.1. The molecule has 0 saturated heterocycles. The molecule has 0 spiro atoms. The summed E-state index contributed by atoms with van der Waals surface area (Å²) in [5, 5.41) is 7.61. The van der Waals surface area contributed by atoms with Crippen LogP contribution in [0.4, 0.5) is 4.79 Å². The summed E-state index contributed by atoms with van der Waals surface area (Å²) in [6.07, 6.45) is 5.99. The van der Waals surface area contributed by atoms with Crippen molar-refractivity contribution >= 4 is 29.1 Å². The van der Waals surface area contributed by atoms with E-state index < -0.39 is 23.6 Å². The number of H-pyrrole nitrogens is 2. The van der Waals surface area contributed by atoms with Gasteiger partial charge in [-0.2, -0.15) is 5.10 Å². The Kier molecular flexibility index (Phi) is 5.96. The van der Waals surface area contributed by atoms with E-state index in [4.69, 9.17) is 4.74 Å². The zero-order valence-electron chi connectivity index (χ0n) is 16.5. The molecule has 1 unspecified atom stereocenters. The van der Waals surface area contributed by atoms with Gasteiger partial charge in [-0.1, -0.05) is 18.2 Å². The van der Waals surface area contributed by atoms with Crippen molar-refractivity contribution in [2.45, 2.75) is 38.8 Å². The maximum Gasteiger partial charge on any atom is 0.408 e. The number of alkyl carbamates (subject to hydrolysis) is 1. The fraction of sp³-hybridized carbons (Fsp3) is 0.300. The zero-order valence-corrected chi connectivity index (χ0v) is 16.5. The van der Waals surface area contributed by atoms with Gasteiger partial charge in [-0.3, -0.25) is 4.79 Å². The van der Waals surface area contributed by atoms with Crippen molar-refractivity contribution in [1.82, 2.24) is 25.7 Å². The van der Waals surface area contributed by atoms with Crippen LogP contribution >= 0.6 is 0 Å². The number of aromatic nitrogens is 3. The average Bonchev–Trinajstić information content (AvgIpc) is 3.29. The van der Waals surface area contributed by atoms with Gasteiger partial charge in [0.05, 0.1) is 12.5 Å². The van der Waals surface area contributed by atoms with Crippen molar-refractivity contribution in [1.29, 1.82) is 0 Å². The molecule has 29 heavy (non-hydrogen) atoms. The molecule has 4 N–H and O–H groups in total. The van der Waals surface area contributed by atoms with Gasteiger partial charge in [0.1, 0.15) is 11.6 Å². The Morgan fingerprint density at radius 2 is 2.07 bits per heavy atom. The highest BCUT2D eigenvalue weighted by Crippen LogP contribution is 2.15. The summed E-state index contributed by atoms with van der Waals surface area (Å²) >= 11 is 0. The fourth-order valence-electron chi connectivity index (χ4n) is 2.72. The summed E-state index contributed by atoms with van der Waals surface area (Å²) in [5.74, 6) is -0.471. The van der Waals surface area contributed by atoms with E-state index in [1.165, 1.54) is 6.33 Å². The number of imidazole rings is 1. The first-order valence-corrected chi connectivity index (χ1v) is 9.17. The molecular formula is C20H24N6O3. The highest BCUT2D eigenvalue weighted by molar-refractivity contribution is 5.99. The van der Waals surface area contributed by atoms with E-state index in [9.17, 15) is 9.59 Å². The zero-order chi connectivity index (χ0) is 20.9. The number of nitrogens with one attached hydrogen (secondary N) is 4. The molecule has 9 nitrogen and oxygen atoms in total. The number of ether oxygens (including phenoxy) is 1. The second-order valence-electron chi connectivity index (χ2n) is 7.50. The summed E-state index contributed by atoms with van der Waals surface area (Å²) in [5.41, 5.74) is 4.32. The minimum absolute atomic E-state index is 0.216. The van der Waals surface area contributed by atoms with E-state index >= 15 is 0 Å². The van der Waals surface area contributed by atoms with Gasteiger partial charge in [0, 0.05) is 41.0 Å². The largest absolute Gasteiger partial charge is 0.444 e. The Labute approximate surface area is 167 Å². The molecule has 1 atom stereocenters. The van der Waals surface area contributed by atoms with Crippen molar-refractivity contribution in [3.8, 4) is 0 Å². The number of amides is 2. The highest BCUT2D eigenvalue weighted by Gasteiger charge is 2.25. The first-order chi connectivity index (χ1) is 13.8. The number of carbonyl (C=O) groups excluding carboxylic acids is 2. The van der Waals surface area contributed by atoms with Gasteiger partial charge >= 0.3 is 6.09 Å². The van der Waals surface area contributed by atoms with Gasteiger partial charge in [0.15, 0.2) is 0 Å². The molecule has 1 aromatic carbocycles. The standard InChI is InChI=1S/C20H24N6O3/c1-20(2,3)29-19(28)25-17(8-14-11-21-12-23-14)18(27)26-24-10-13-9-22-16-7-5-4-6-15(13)16/h4-7,9-12,17,22H,8H2,1-3H3,(H,21,23)(H,25,28)(H,26,27)/b24-10+. The number of aromatic amines is 2. The molecule has 0 radical (unpaired) electrons. The van der Waals surface area contributed by atoms with Crippen LogP contribution in [0.3, 0.4) is 0 Å². The minimum Gasteiger partial charge on any atom is -0.444 e. The molecule has 2 amide bonds. The van der Waals surface area contributed by atoms with Crippen molar-refractivity contribution in [2.75, 3.05) is 0 Å². The van der Waals surface area contributed by atoms with Crippen molar-refractivity contribution in [2.24, 2.45) is 5.10 Å². The molecule has 152 valence electrons. The molecule has 3 aromatic rings. The van der Waals surface area contributed by atoms with Gasteiger partial charge in [0.2, 0.25) is 0 Å². The van der Waals surface area contributed by atoms with E-state index in [0.29, 0.717) is 5.69 Å². The van der Waals surface area contributed by atoms with Gasteiger partial charge < -0.3 is 20.0 Å². The number of nitrogens with zero attached hydrogens (tertiary/aromatic N) is 2. The first-order valence-electron chi connectivity index (χ1n) is 9.17. The van der Waals surface area contributed by atoms with E-state index in [1.54, 1.807) is 39.4 Å². The van der Waals surface area contributed by atoms with Crippen LogP contribution in [0.1, 0.15) is 32.0 Å². The SMILES string of the molecule is CC(C)(C)OC(=O)NC(Cc1cnc[nH]1)C(=O)N/N=C/c1c[nH]c2ccccc12. The third-order valence-electron chi connectivity index (χ3n) is 3.99. The molecule has 0 aliphatic carbocycles. The Balaban J connectivity index is 1.67. The summed E-state index contributed by atoms with van der Waals surface area (Å²) in [7, 11) is 0. The predicted octanol–water partition coefficient (Wildman–Crippen LogP) is 2.48. The average molecular weight is 396 g/mol. The second-order valence-corrected chi connectivity index (χ2v) is 7.50. The number of benzene rings is 1. The Morgan fingerprint density at radius 1 is 1.28 bits per heavy atom. The van der Waals surface area contributed by atoms with Gasteiger partial charge in [0.25, 0.3) is 5.91 Å². The number of hydrogen-bond donors (Lipinski definition) is 4. The summed E-state index contributed by atoms with van der Waals surface area (Å²) in [4.78, 5) is 34.7. The fourth-order valence-corrected chi connectivity index (χ4v) is 2.72. The molecule has 3 rings (SSSR count). The van der Waals surface area contributed by atoms with Crippen LogP contribution < -0.4 is 10.7 Å².